The SMILES string of the molecule is CCOc1ccccc1OCC(=O)NCc1cc(C(=O)OC)ccn1. The van der Waals surface area contributed by atoms with Crippen LogP contribution >= 0.6 is 0 Å². The Bertz CT molecular complexity index is 733. The monoisotopic (exact) mass is 344 g/mol. The van der Waals surface area contributed by atoms with Crippen molar-refractivity contribution in [2.75, 3.05) is 20.3 Å². The summed E-state index contributed by atoms with van der Waals surface area (Å²) in [6, 6.07) is 10.3. The number of carbonyl (C=O) groups is 2. The minimum atomic E-state index is -0.453. The van der Waals surface area contributed by atoms with Crippen LogP contribution in [0.15, 0.2) is 42.6 Å². The molecule has 2 rings (SSSR count). The second-order valence-electron chi connectivity index (χ2n) is 4.97. The van der Waals surface area contributed by atoms with Gasteiger partial charge in [0.25, 0.3) is 5.91 Å². The van der Waals surface area contributed by atoms with Crippen molar-refractivity contribution in [1.82, 2.24) is 10.3 Å². The maximum atomic E-state index is 11.9. The van der Waals surface area contributed by atoms with Crippen LogP contribution in [0.5, 0.6) is 11.5 Å². The minimum Gasteiger partial charge on any atom is -0.490 e. The van der Waals surface area contributed by atoms with Crippen LogP contribution in [-0.4, -0.2) is 37.2 Å². The molecule has 0 unspecified atom stereocenters. The number of amides is 1. The van der Waals surface area contributed by atoms with Crippen LogP contribution in [0.2, 0.25) is 0 Å². The van der Waals surface area contributed by atoms with Crippen LogP contribution in [0, 0.1) is 0 Å². The first-order valence-corrected chi connectivity index (χ1v) is 7.78. The highest BCUT2D eigenvalue weighted by Crippen LogP contribution is 2.26. The van der Waals surface area contributed by atoms with Crippen molar-refractivity contribution in [2.45, 2.75) is 13.5 Å². The van der Waals surface area contributed by atoms with E-state index in [1.54, 1.807) is 30.3 Å². The number of benzene rings is 1. The van der Waals surface area contributed by atoms with Gasteiger partial charge in [0.15, 0.2) is 18.1 Å². The molecule has 7 nitrogen and oxygen atoms in total. The van der Waals surface area contributed by atoms with Gasteiger partial charge in [0.05, 0.1) is 31.5 Å². The summed E-state index contributed by atoms with van der Waals surface area (Å²) >= 11 is 0. The fourth-order valence-electron chi connectivity index (χ4n) is 2.05. The van der Waals surface area contributed by atoms with Crippen molar-refractivity contribution in [3.05, 3.63) is 53.9 Å². The van der Waals surface area contributed by atoms with Gasteiger partial charge in [0, 0.05) is 6.20 Å². The summed E-state index contributed by atoms with van der Waals surface area (Å²) in [5, 5.41) is 2.69. The van der Waals surface area contributed by atoms with Crippen molar-refractivity contribution in [3.8, 4) is 11.5 Å². The lowest BCUT2D eigenvalue weighted by molar-refractivity contribution is -0.123. The third-order valence-electron chi connectivity index (χ3n) is 3.21. The van der Waals surface area contributed by atoms with E-state index >= 15 is 0 Å². The minimum absolute atomic E-state index is 0.152. The molecule has 1 amide bonds. The number of methoxy groups -OCH3 is 1. The van der Waals surface area contributed by atoms with Gasteiger partial charge >= 0.3 is 5.97 Å². The normalized spacial score (nSPS) is 10.0. The molecule has 1 N–H and O–H groups in total. The third-order valence-corrected chi connectivity index (χ3v) is 3.21. The third kappa shape index (κ3) is 5.49. The first-order chi connectivity index (χ1) is 12.1. The predicted molar refractivity (Wildman–Crippen MR) is 90.5 cm³/mol. The fourth-order valence-corrected chi connectivity index (χ4v) is 2.05. The van der Waals surface area contributed by atoms with Crippen molar-refractivity contribution < 1.29 is 23.8 Å². The molecule has 0 saturated carbocycles. The molecular weight excluding hydrogens is 324 g/mol. The molecule has 1 aromatic heterocycles. The highest BCUT2D eigenvalue weighted by atomic mass is 16.5. The van der Waals surface area contributed by atoms with E-state index in [1.807, 2.05) is 13.0 Å². The van der Waals surface area contributed by atoms with Gasteiger partial charge in [-0.25, -0.2) is 4.79 Å². The lowest BCUT2D eigenvalue weighted by atomic mass is 10.2. The number of ether oxygens (including phenoxy) is 3. The Kier molecular flexibility index (Phi) is 6.76. The van der Waals surface area contributed by atoms with Crippen LogP contribution < -0.4 is 14.8 Å². The lowest BCUT2D eigenvalue weighted by Gasteiger charge is -2.11. The first-order valence-electron chi connectivity index (χ1n) is 7.78. The van der Waals surface area contributed by atoms with E-state index in [4.69, 9.17) is 9.47 Å². The zero-order valence-corrected chi connectivity index (χ0v) is 14.2. The van der Waals surface area contributed by atoms with Crippen LogP contribution in [0.1, 0.15) is 23.0 Å². The second-order valence-corrected chi connectivity index (χ2v) is 4.97. The summed E-state index contributed by atoms with van der Waals surface area (Å²) in [6.07, 6.45) is 1.49. The van der Waals surface area contributed by atoms with E-state index in [1.165, 1.54) is 13.3 Å². The summed E-state index contributed by atoms with van der Waals surface area (Å²) in [6.45, 7) is 2.41. The average Bonchev–Trinajstić information content (AvgIpc) is 2.65. The predicted octanol–water partition coefficient (Wildman–Crippen LogP) is 1.96. The second kappa shape index (κ2) is 9.27. The molecule has 0 fully saturated rings. The van der Waals surface area contributed by atoms with Crippen molar-refractivity contribution in [3.63, 3.8) is 0 Å². The molecule has 2 aromatic rings. The van der Waals surface area contributed by atoms with Gasteiger partial charge in [-0.1, -0.05) is 12.1 Å². The largest absolute Gasteiger partial charge is 0.490 e. The number of nitrogens with one attached hydrogen (secondary N) is 1. The number of hydrogen-bond donors (Lipinski definition) is 1. The Morgan fingerprint density at radius 1 is 1.12 bits per heavy atom. The Hall–Kier alpha value is -3.09. The molecule has 25 heavy (non-hydrogen) atoms. The quantitative estimate of drug-likeness (QED) is 0.737. The molecule has 7 heteroatoms. The van der Waals surface area contributed by atoms with E-state index in [0.717, 1.165) is 0 Å². The number of aromatic nitrogens is 1. The molecule has 132 valence electrons. The van der Waals surface area contributed by atoms with Gasteiger partial charge in [-0.15, -0.1) is 0 Å². The van der Waals surface area contributed by atoms with E-state index in [0.29, 0.717) is 29.4 Å². The molecule has 0 spiro atoms. The summed E-state index contributed by atoms with van der Waals surface area (Å²) in [7, 11) is 1.31. The molecule has 0 aliphatic heterocycles. The number of nitrogens with zero attached hydrogens (tertiary/aromatic N) is 1. The molecule has 0 aliphatic carbocycles. The van der Waals surface area contributed by atoms with Crippen LogP contribution in [-0.2, 0) is 16.1 Å². The van der Waals surface area contributed by atoms with E-state index in [-0.39, 0.29) is 19.1 Å². The van der Waals surface area contributed by atoms with Crippen molar-refractivity contribution >= 4 is 11.9 Å². The Balaban J connectivity index is 1.86. The fraction of sp³-hybridized carbons (Fsp3) is 0.278. The van der Waals surface area contributed by atoms with Crippen LogP contribution in [0.3, 0.4) is 0 Å². The summed E-state index contributed by atoms with van der Waals surface area (Å²) in [5.41, 5.74) is 0.926. The number of esters is 1. The van der Waals surface area contributed by atoms with Gasteiger partial charge in [0.2, 0.25) is 0 Å². The van der Waals surface area contributed by atoms with E-state index in [9.17, 15) is 9.59 Å². The highest BCUT2D eigenvalue weighted by molar-refractivity contribution is 5.89. The summed E-state index contributed by atoms with van der Waals surface area (Å²) in [4.78, 5) is 27.5. The maximum Gasteiger partial charge on any atom is 0.337 e. The molecule has 0 bridgehead atoms. The summed E-state index contributed by atoms with van der Waals surface area (Å²) < 4.78 is 15.6. The molecule has 0 atom stereocenters. The molecular formula is C18H20N2O5. The first kappa shape index (κ1) is 18.3. The Morgan fingerprint density at radius 3 is 2.52 bits per heavy atom. The number of pyridine rings is 1. The smallest absolute Gasteiger partial charge is 0.337 e. The van der Waals surface area contributed by atoms with E-state index in [2.05, 4.69) is 15.0 Å². The number of rotatable bonds is 8. The average molecular weight is 344 g/mol. The molecule has 0 radical (unpaired) electrons. The van der Waals surface area contributed by atoms with Gasteiger partial charge in [-0.2, -0.15) is 0 Å². The maximum absolute atomic E-state index is 11.9. The van der Waals surface area contributed by atoms with E-state index < -0.39 is 5.97 Å². The Labute approximate surface area is 145 Å². The van der Waals surface area contributed by atoms with Crippen molar-refractivity contribution in [1.29, 1.82) is 0 Å². The number of carbonyl (C=O) groups excluding carboxylic acids is 2. The molecule has 1 aromatic carbocycles. The topological polar surface area (TPSA) is 86.8 Å². The Morgan fingerprint density at radius 2 is 1.84 bits per heavy atom. The van der Waals surface area contributed by atoms with Crippen LogP contribution in [0.4, 0.5) is 0 Å². The zero-order chi connectivity index (χ0) is 18.1. The van der Waals surface area contributed by atoms with Gasteiger partial charge in [-0.05, 0) is 31.2 Å². The van der Waals surface area contributed by atoms with Gasteiger partial charge < -0.3 is 19.5 Å². The zero-order valence-electron chi connectivity index (χ0n) is 14.2. The molecule has 1 heterocycles. The lowest BCUT2D eigenvalue weighted by Crippen LogP contribution is -2.28. The van der Waals surface area contributed by atoms with Gasteiger partial charge in [-0.3, -0.25) is 9.78 Å². The standard InChI is InChI=1S/C18H20N2O5/c1-3-24-15-6-4-5-7-16(15)25-12-17(21)20-11-14-10-13(8-9-19-14)18(22)23-2/h4-10H,3,11-12H2,1-2H3,(H,20,21). The van der Waals surface area contributed by atoms with Gasteiger partial charge in [0.1, 0.15) is 0 Å². The van der Waals surface area contributed by atoms with Crippen molar-refractivity contribution in [2.24, 2.45) is 0 Å². The highest BCUT2D eigenvalue weighted by Gasteiger charge is 2.09. The summed E-state index contributed by atoms with van der Waals surface area (Å²) in [5.74, 6) is 0.331. The molecule has 0 aliphatic rings. The van der Waals surface area contributed by atoms with Crippen LogP contribution in [0.25, 0.3) is 0 Å². The number of hydrogen-bond acceptors (Lipinski definition) is 6. The molecule has 0 saturated heterocycles. The number of para-hydroxylation sites is 2.